The van der Waals surface area contributed by atoms with Crippen LogP contribution in [0.25, 0.3) is 0 Å². The van der Waals surface area contributed by atoms with Gasteiger partial charge < -0.3 is 15.4 Å². The van der Waals surface area contributed by atoms with Crippen molar-refractivity contribution in [1.82, 2.24) is 10.6 Å². The van der Waals surface area contributed by atoms with Crippen LogP contribution in [0.3, 0.4) is 0 Å². The van der Waals surface area contributed by atoms with Gasteiger partial charge in [-0.25, -0.2) is 0 Å². The van der Waals surface area contributed by atoms with Crippen LogP contribution in [0.2, 0.25) is 5.02 Å². The number of nitrogens with one attached hydrogen (secondary N) is 2. The lowest BCUT2D eigenvalue weighted by Gasteiger charge is -2.19. The summed E-state index contributed by atoms with van der Waals surface area (Å²) in [7, 11) is 0. The van der Waals surface area contributed by atoms with Crippen molar-refractivity contribution in [1.29, 1.82) is 0 Å². The molecule has 0 radical (unpaired) electrons. The number of ether oxygens (including phenoxy) is 1. The molecular formula is C15H21ClN2O2. The standard InChI is InChI=1S/C15H21ClN2O2/c1-11(14-3-2-8-20-14)17-10-15(19)18-9-12-4-6-13(16)7-5-12/h4-7,11,14,17H,2-3,8-10H2,1H3,(H,18,19)/t11-,14+/m1/s1. The summed E-state index contributed by atoms with van der Waals surface area (Å²) >= 11 is 5.81. The maximum absolute atomic E-state index is 11.8. The van der Waals surface area contributed by atoms with Gasteiger partial charge in [0.1, 0.15) is 0 Å². The van der Waals surface area contributed by atoms with E-state index in [0.29, 0.717) is 18.1 Å². The van der Waals surface area contributed by atoms with Gasteiger partial charge in [-0.15, -0.1) is 0 Å². The zero-order valence-corrected chi connectivity index (χ0v) is 12.5. The third-order valence-corrected chi connectivity index (χ3v) is 3.76. The molecular weight excluding hydrogens is 276 g/mol. The quantitative estimate of drug-likeness (QED) is 0.845. The van der Waals surface area contributed by atoms with Gasteiger partial charge in [0.05, 0.1) is 12.6 Å². The molecule has 1 aromatic rings. The second-order valence-electron chi connectivity index (χ2n) is 5.12. The zero-order valence-electron chi connectivity index (χ0n) is 11.7. The second-order valence-corrected chi connectivity index (χ2v) is 5.56. The highest BCUT2D eigenvalue weighted by molar-refractivity contribution is 6.30. The summed E-state index contributed by atoms with van der Waals surface area (Å²) in [5.74, 6) is -0.00945. The largest absolute Gasteiger partial charge is 0.377 e. The Labute approximate surface area is 124 Å². The van der Waals surface area contributed by atoms with Crippen molar-refractivity contribution >= 4 is 17.5 Å². The number of hydrogen-bond donors (Lipinski definition) is 2. The van der Waals surface area contributed by atoms with Gasteiger partial charge in [-0.1, -0.05) is 23.7 Å². The molecule has 1 saturated heterocycles. The Morgan fingerprint density at radius 3 is 2.85 bits per heavy atom. The average Bonchev–Trinajstić information content (AvgIpc) is 2.98. The van der Waals surface area contributed by atoms with Gasteiger partial charge >= 0.3 is 0 Å². The van der Waals surface area contributed by atoms with E-state index in [1.54, 1.807) is 0 Å². The molecule has 4 nitrogen and oxygen atoms in total. The van der Waals surface area contributed by atoms with E-state index in [2.05, 4.69) is 17.6 Å². The Balaban J connectivity index is 1.66. The maximum Gasteiger partial charge on any atom is 0.234 e. The molecule has 0 aliphatic carbocycles. The van der Waals surface area contributed by atoms with Crippen LogP contribution in [0.1, 0.15) is 25.3 Å². The molecule has 1 heterocycles. The Bertz CT molecular complexity index is 430. The molecule has 1 aliphatic heterocycles. The van der Waals surface area contributed by atoms with Crippen LogP contribution in [0, 0.1) is 0 Å². The van der Waals surface area contributed by atoms with Crippen molar-refractivity contribution in [2.24, 2.45) is 0 Å². The monoisotopic (exact) mass is 296 g/mol. The predicted octanol–water partition coefficient (Wildman–Crippen LogP) is 2.11. The van der Waals surface area contributed by atoms with Crippen molar-refractivity contribution in [3.63, 3.8) is 0 Å². The van der Waals surface area contributed by atoms with E-state index in [0.717, 1.165) is 25.0 Å². The lowest BCUT2D eigenvalue weighted by Crippen LogP contribution is -2.42. The minimum Gasteiger partial charge on any atom is -0.377 e. The SMILES string of the molecule is C[C@@H](NCC(=O)NCc1ccc(Cl)cc1)[C@@H]1CCCO1. The summed E-state index contributed by atoms with van der Waals surface area (Å²) in [5, 5.41) is 6.79. The van der Waals surface area contributed by atoms with Crippen LogP contribution < -0.4 is 10.6 Å². The topological polar surface area (TPSA) is 50.4 Å². The van der Waals surface area contributed by atoms with Gasteiger partial charge in [0.15, 0.2) is 0 Å². The van der Waals surface area contributed by atoms with Crippen molar-refractivity contribution < 1.29 is 9.53 Å². The molecule has 0 saturated carbocycles. The summed E-state index contributed by atoms with van der Waals surface area (Å²) in [5.41, 5.74) is 1.04. The van der Waals surface area contributed by atoms with Crippen LogP contribution >= 0.6 is 11.6 Å². The fourth-order valence-corrected chi connectivity index (χ4v) is 2.37. The zero-order chi connectivity index (χ0) is 14.4. The highest BCUT2D eigenvalue weighted by atomic mass is 35.5. The molecule has 2 rings (SSSR count). The Kier molecular flexibility index (Phi) is 5.83. The normalized spacial score (nSPS) is 19.8. The molecule has 1 fully saturated rings. The average molecular weight is 297 g/mol. The minimum atomic E-state index is -0.00945. The minimum absolute atomic E-state index is 0.00945. The molecule has 1 aliphatic rings. The summed E-state index contributed by atoms with van der Waals surface area (Å²) < 4.78 is 5.58. The fourth-order valence-electron chi connectivity index (χ4n) is 2.25. The number of rotatable bonds is 6. The van der Waals surface area contributed by atoms with Crippen molar-refractivity contribution in [2.75, 3.05) is 13.2 Å². The van der Waals surface area contributed by atoms with Crippen LogP contribution in [0.5, 0.6) is 0 Å². The van der Waals surface area contributed by atoms with E-state index in [1.165, 1.54) is 0 Å². The molecule has 0 unspecified atom stereocenters. The van der Waals surface area contributed by atoms with Crippen molar-refractivity contribution in [3.8, 4) is 0 Å². The number of carbonyl (C=O) groups excluding carboxylic acids is 1. The van der Waals surface area contributed by atoms with E-state index in [4.69, 9.17) is 16.3 Å². The van der Waals surface area contributed by atoms with Gasteiger partial charge in [0.2, 0.25) is 5.91 Å². The first-order valence-electron chi connectivity index (χ1n) is 7.01. The molecule has 0 aromatic heterocycles. The fraction of sp³-hybridized carbons (Fsp3) is 0.533. The van der Waals surface area contributed by atoms with Crippen LogP contribution in [0.15, 0.2) is 24.3 Å². The van der Waals surface area contributed by atoms with Crippen molar-refractivity contribution in [3.05, 3.63) is 34.9 Å². The molecule has 0 spiro atoms. The van der Waals surface area contributed by atoms with E-state index >= 15 is 0 Å². The van der Waals surface area contributed by atoms with E-state index in [-0.39, 0.29) is 18.1 Å². The molecule has 2 N–H and O–H groups in total. The van der Waals surface area contributed by atoms with E-state index < -0.39 is 0 Å². The molecule has 110 valence electrons. The van der Waals surface area contributed by atoms with Crippen molar-refractivity contribution in [2.45, 2.75) is 38.5 Å². The lowest BCUT2D eigenvalue weighted by molar-refractivity contribution is -0.120. The highest BCUT2D eigenvalue weighted by Crippen LogP contribution is 2.15. The third kappa shape index (κ3) is 4.78. The van der Waals surface area contributed by atoms with Gasteiger partial charge in [-0.3, -0.25) is 4.79 Å². The molecule has 1 aromatic carbocycles. The van der Waals surface area contributed by atoms with Gasteiger partial charge in [0.25, 0.3) is 0 Å². The lowest BCUT2D eigenvalue weighted by atomic mass is 10.1. The first-order valence-corrected chi connectivity index (χ1v) is 7.39. The number of carbonyl (C=O) groups is 1. The predicted molar refractivity (Wildman–Crippen MR) is 79.7 cm³/mol. The smallest absolute Gasteiger partial charge is 0.234 e. The van der Waals surface area contributed by atoms with Gasteiger partial charge in [0, 0.05) is 24.2 Å². The first kappa shape index (κ1) is 15.3. The molecule has 5 heteroatoms. The van der Waals surface area contributed by atoms with Crippen LogP contribution in [0.4, 0.5) is 0 Å². The van der Waals surface area contributed by atoms with Crippen LogP contribution in [-0.4, -0.2) is 31.2 Å². The van der Waals surface area contributed by atoms with Crippen LogP contribution in [-0.2, 0) is 16.1 Å². The maximum atomic E-state index is 11.8. The number of halogens is 1. The Morgan fingerprint density at radius 1 is 1.45 bits per heavy atom. The first-order chi connectivity index (χ1) is 9.65. The number of hydrogen-bond acceptors (Lipinski definition) is 3. The van der Waals surface area contributed by atoms with E-state index in [9.17, 15) is 4.79 Å². The Morgan fingerprint density at radius 2 is 2.20 bits per heavy atom. The third-order valence-electron chi connectivity index (χ3n) is 3.51. The Hall–Kier alpha value is -1.10. The highest BCUT2D eigenvalue weighted by Gasteiger charge is 2.22. The number of amides is 1. The summed E-state index contributed by atoms with van der Waals surface area (Å²) in [6, 6.07) is 7.66. The summed E-state index contributed by atoms with van der Waals surface area (Å²) in [6.45, 7) is 3.72. The second kappa shape index (κ2) is 7.62. The summed E-state index contributed by atoms with van der Waals surface area (Å²) in [4.78, 5) is 11.8. The molecule has 0 bridgehead atoms. The number of benzene rings is 1. The molecule has 2 atom stereocenters. The summed E-state index contributed by atoms with van der Waals surface area (Å²) in [6.07, 6.45) is 2.42. The van der Waals surface area contributed by atoms with Gasteiger partial charge in [-0.05, 0) is 37.5 Å². The molecule has 1 amide bonds. The van der Waals surface area contributed by atoms with Gasteiger partial charge in [-0.2, -0.15) is 0 Å². The molecule has 20 heavy (non-hydrogen) atoms. The van der Waals surface area contributed by atoms with E-state index in [1.807, 2.05) is 24.3 Å².